The van der Waals surface area contributed by atoms with Gasteiger partial charge in [-0.3, -0.25) is 9.10 Å². The number of rotatable bonds is 9. The topological polar surface area (TPSA) is 69.7 Å². The fraction of sp³-hybridized carbons (Fsp3) is 0.458. The van der Waals surface area contributed by atoms with Crippen LogP contribution in [0.15, 0.2) is 47.4 Å². The van der Waals surface area contributed by atoms with Crippen molar-refractivity contribution in [1.82, 2.24) is 10.2 Å². The molecule has 1 aliphatic rings. The Bertz CT molecular complexity index is 977. The number of carbonyl (C=O) groups excluding carboxylic acids is 1. The molecule has 6 nitrogen and oxygen atoms in total. The molecule has 0 aliphatic carbocycles. The first kappa shape index (κ1) is 23.3. The molecular weight excluding hydrogens is 410 g/mol. The van der Waals surface area contributed by atoms with Crippen molar-refractivity contribution in [2.75, 3.05) is 37.0 Å². The van der Waals surface area contributed by atoms with Gasteiger partial charge >= 0.3 is 0 Å². The normalized spacial score (nSPS) is 14.5. The molecule has 2 aromatic carbocycles. The Morgan fingerprint density at radius 3 is 2.19 bits per heavy atom. The molecule has 31 heavy (non-hydrogen) atoms. The fourth-order valence-corrected chi connectivity index (χ4v) is 5.37. The molecule has 0 unspecified atom stereocenters. The number of amides is 1. The van der Waals surface area contributed by atoms with E-state index in [1.165, 1.54) is 17.1 Å². The smallest absolute Gasteiger partial charge is 0.264 e. The quantitative estimate of drug-likeness (QED) is 0.603. The van der Waals surface area contributed by atoms with Crippen molar-refractivity contribution < 1.29 is 13.2 Å². The Labute approximate surface area is 186 Å². The Kier molecular flexibility index (Phi) is 7.73. The maximum Gasteiger partial charge on any atom is 0.264 e. The SMILES string of the molecule is Cc1ccc(S(=O)(=O)N(CC(=O)NCCCN2CCCC2)c2cc(C)cc(C)c2)cc1. The number of carbonyl (C=O) groups is 1. The van der Waals surface area contributed by atoms with Crippen LogP contribution in [0.2, 0.25) is 0 Å². The van der Waals surface area contributed by atoms with Crippen molar-refractivity contribution in [1.29, 1.82) is 0 Å². The number of nitrogens with zero attached hydrogens (tertiary/aromatic N) is 2. The van der Waals surface area contributed by atoms with Crippen molar-refractivity contribution in [2.45, 2.75) is 44.9 Å². The van der Waals surface area contributed by atoms with Gasteiger partial charge in [-0.05, 0) is 95.1 Å². The summed E-state index contributed by atoms with van der Waals surface area (Å²) in [6.07, 6.45) is 3.35. The van der Waals surface area contributed by atoms with Gasteiger partial charge in [0.1, 0.15) is 6.54 Å². The van der Waals surface area contributed by atoms with Crippen LogP contribution in [0.3, 0.4) is 0 Å². The van der Waals surface area contributed by atoms with Crippen molar-refractivity contribution in [3.05, 3.63) is 59.2 Å². The lowest BCUT2D eigenvalue weighted by molar-refractivity contribution is -0.119. The van der Waals surface area contributed by atoms with E-state index >= 15 is 0 Å². The number of aryl methyl sites for hydroxylation is 3. The van der Waals surface area contributed by atoms with Crippen LogP contribution in [-0.4, -0.2) is 51.9 Å². The number of hydrogen-bond acceptors (Lipinski definition) is 4. The highest BCUT2D eigenvalue weighted by atomic mass is 32.2. The van der Waals surface area contributed by atoms with Crippen LogP contribution in [0.5, 0.6) is 0 Å². The highest BCUT2D eigenvalue weighted by Gasteiger charge is 2.27. The minimum absolute atomic E-state index is 0.180. The summed E-state index contributed by atoms with van der Waals surface area (Å²) in [4.78, 5) is 15.3. The van der Waals surface area contributed by atoms with E-state index in [0.717, 1.165) is 42.7 Å². The summed E-state index contributed by atoms with van der Waals surface area (Å²) in [7, 11) is -3.88. The summed E-state index contributed by atoms with van der Waals surface area (Å²) in [6.45, 7) is 9.27. The van der Waals surface area contributed by atoms with Crippen LogP contribution in [0, 0.1) is 20.8 Å². The molecule has 1 fully saturated rings. The molecule has 1 saturated heterocycles. The lowest BCUT2D eigenvalue weighted by atomic mass is 10.1. The monoisotopic (exact) mass is 443 g/mol. The van der Waals surface area contributed by atoms with Crippen LogP contribution < -0.4 is 9.62 Å². The highest BCUT2D eigenvalue weighted by Crippen LogP contribution is 2.26. The summed E-state index contributed by atoms with van der Waals surface area (Å²) in [5.74, 6) is -0.295. The first-order valence-corrected chi connectivity index (χ1v) is 12.4. The van der Waals surface area contributed by atoms with Gasteiger partial charge in [0.2, 0.25) is 5.91 Å². The van der Waals surface area contributed by atoms with Gasteiger partial charge in [-0.1, -0.05) is 23.8 Å². The molecule has 1 heterocycles. The molecular formula is C24H33N3O3S. The van der Waals surface area contributed by atoms with E-state index in [0.29, 0.717) is 12.2 Å². The van der Waals surface area contributed by atoms with Crippen molar-refractivity contribution in [2.24, 2.45) is 0 Å². The molecule has 168 valence electrons. The number of anilines is 1. The minimum atomic E-state index is -3.88. The van der Waals surface area contributed by atoms with Crippen LogP contribution in [0.25, 0.3) is 0 Å². The third-order valence-corrected chi connectivity index (χ3v) is 7.35. The van der Waals surface area contributed by atoms with Gasteiger partial charge in [0, 0.05) is 6.54 Å². The highest BCUT2D eigenvalue weighted by molar-refractivity contribution is 7.92. The summed E-state index contributed by atoms with van der Waals surface area (Å²) in [6, 6.07) is 12.3. The Morgan fingerprint density at radius 1 is 0.968 bits per heavy atom. The van der Waals surface area contributed by atoms with E-state index in [1.54, 1.807) is 36.4 Å². The first-order valence-electron chi connectivity index (χ1n) is 10.9. The van der Waals surface area contributed by atoms with E-state index in [-0.39, 0.29) is 17.3 Å². The predicted molar refractivity (Wildman–Crippen MR) is 125 cm³/mol. The van der Waals surface area contributed by atoms with Gasteiger partial charge in [-0.25, -0.2) is 8.42 Å². The number of likely N-dealkylation sites (tertiary alicyclic amines) is 1. The third-order valence-electron chi connectivity index (χ3n) is 5.56. The van der Waals surface area contributed by atoms with Gasteiger partial charge in [0.25, 0.3) is 10.0 Å². The number of sulfonamides is 1. The molecule has 0 aromatic heterocycles. The number of nitrogens with one attached hydrogen (secondary N) is 1. The Morgan fingerprint density at radius 2 is 1.58 bits per heavy atom. The molecule has 1 aliphatic heterocycles. The molecule has 0 saturated carbocycles. The summed E-state index contributed by atoms with van der Waals surface area (Å²) in [5.41, 5.74) is 3.38. The van der Waals surface area contributed by atoms with Crippen LogP contribution in [-0.2, 0) is 14.8 Å². The van der Waals surface area contributed by atoms with Gasteiger partial charge in [-0.2, -0.15) is 0 Å². The molecule has 2 aromatic rings. The van der Waals surface area contributed by atoms with E-state index in [2.05, 4.69) is 10.2 Å². The zero-order chi connectivity index (χ0) is 22.4. The zero-order valence-corrected chi connectivity index (χ0v) is 19.5. The van der Waals surface area contributed by atoms with Crippen molar-refractivity contribution >= 4 is 21.6 Å². The molecule has 1 N–H and O–H groups in total. The van der Waals surface area contributed by atoms with Crippen LogP contribution >= 0.6 is 0 Å². The standard InChI is InChI=1S/C24H33N3O3S/c1-19-7-9-23(10-8-19)31(29,30)27(22-16-20(2)15-21(3)17-22)18-24(28)25-11-6-14-26-12-4-5-13-26/h7-10,15-17H,4-6,11-14,18H2,1-3H3,(H,25,28). The molecule has 0 atom stereocenters. The fourth-order valence-electron chi connectivity index (χ4n) is 3.97. The molecule has 0 radical (unpaired) electrons. The van der Waals surface area contributed by atoms with Crippen molar-refractivity contribution in [3.63, 3.8) is 0 Å². The van der Waals surface area contributed by atoms with E-state index < -0.39 is 10.0 Å². The van der Waals surface area contributed by atoms with Gasteiger partial charge < -0.3 is 10.2 Å². The maximum absolute atomic E-state index is 13.4. The van der Waals surface area contributed by atoms with E-state index in [4.69, 9.17) is 0 Å². The number of hydrogen-bond donors (Lipinski definition) is 1. The van der Waals surface area contributed by atoms with Crippen LogP contribution in [0.4, 0.5) is 5.69 Å². The number of benzene rings is 2. The van der Waals surface area contributed by atoms with Gasteiger partial charge in [0.05, 0.1) is 10.6 Å². The minimum Gasteiger partial charge on any atom is -0.354 e. The lowest BCUT2D eigenvalue weighted by Crippen LogP contribution is -2.41. The van der Waals surface area contributed by atoms with Gasteiger partial charge in [-0.15, -0.1) is 0 Å². The first-order chi connectivity index (χ1) is 14.8. The molecule has 3 rings (SSSR count). The second kappa shape index (κ2) is 10.3. The summed E-state index contributed by atoms with van der Waals surface area (Å²) in [5, 5.41) is 2.90. The van der Waals surface area contributed by atoms with Gasteiger partial charge in [0.15, 0.2) is 0 Å². The summed E-state index contributed by atoms with van der Waals surface area (Å²) >= 11 is 0. The second-order valence-electron chi connectivity index (χ2n) is 8.42. The third kappa shape index (κ3) is 6.31. The predicted octanol–water partition coefficient (Wildman–Crippen LogP) is 3.41. The molecule has 0 bridgehead atoms. The van der Waals surface area contributed by atoms with Crippen LogP contribution in [0.1, 0.15) is 36.0 Å². The molecule has 0 spiro atoms. The Balaban J connectivity index is 1.75. The Hall–Kier alpha value is -2.38. The lowest BCUT2D eigenvalue weighted by Gasteiger charge is -2.25. The maximum atomic E-state index is 13.4. The average molecular weight is 444 g/mol. The van der Waals surface area contributed by atoms with E-state index in [1.807, 2.05) is 26.8 Å². The largest absolute Gasteiger partial charge is 0.354 e. The van der Waals surface area contributed by atoms with E-state index in [9.17, 15) is 13.2 Å². The molecule has 7 heteroatoms. The van der Waals surface area contributed by atoms with Crippen molar-refractivity contribution in [3.8, 4) is 0 Å². The molecule has 1 amide bonds. The average Bonchev–Trinajstić information content (AvgIpc) is 3.22. The zero-order valence-electron chi connectivity index (χ0n) is 18.7. The second-order valence-corrected chi connectivity index (χ2v) is 10.3. The summed E-state index contributed by atoms with van der Waals surface area (Å²) < 4.78 is 28.1.